The summed E-state index contributed by atoms with van der Waals surface area (Å²) in [6, 6.07) is 14.1. The monoisotopic (exact) mass is 356 g/mol. The van der Waals surface area contributed by atoms with Crippen molar-refractivity contribution in [2.24, 2.45) is 0 Å². The normalized spacial score (nSPS) is 10.6. The molecule has 1 aromatic heterocycles. The Morgan fingerprint density at radius 2 is 1.84 bits per heavy atom. The van der Waals surface area contributed by atoms with Gasteiger partial charge in [0.1, 0.15) is 11.6 Å². The smallest absolute Gasteiger partial charge is 0.225 e. The summed E-state index contributed by atoms with van der Waals surface area (Å²) in [6.45, 7) is 4.13. The molecule has 1 heterocycles. The fourth-order valence-corrected chi connectivity index (χ4v) is 2.58. The number of aryl methyl sites for hydroxylation is 1. The molecule has 0 fully saturated rings. The maximum atomic E-state index is 13.7. The molecule has 25 heavy (non-hydrogen) atoms. The highest BCUT2D eigenvalue weighted by atomic mass is 35.5. The Hall–Kier alpha value is -2.66. The first kappa shape index (κ1) is 17.2. The van der Waals surface area contributed by atoms with Crippen molar-refractivity contribution in [2.45, 2.75) is 20.4 Å². The van der Waals surface area contributed by atoms with Crippen LogP contribution in [0.3, 0.4) is 0 Å². The number of benzene rings is 2. The van der Waals surface area contributed by atoms with Crippen LogP contribution < -0.4 is 10.6 Å². The predicted molar refractivity (Wildman–Crippen MR) is 100.0 cm³/mol. The molecule has 0 saturated carbocycles. The third-order valence-electron chi connectivity index (χ3n) is 3.78. The second-order valence-corrected chi connectivity index (χ2v) is 6.11. The average molecular weight is 357 g/mol. The van der Waals surface area contributed by atoms with E-state index in [9.17, 15) is 4.39 Å². The summed E-state index contributed by atoms with van der Waals surface area (Å²) < 4.78 is 13.7. The summed E-state index contributed by atoms with van der Waals surface area (Å²) in [5.41, 5.74) is 3.19. The van der Waals surface area contributed by atoms with Gasteiger partial charge in [-0.25, -0.2) is 9.37 Å². The van der Waals surface area contributed by atoms with Crippen LogP contribution in [0.25, 0.3) is 0 Å². The molecule has 0 aliphatic rings. The van der Waals surface area contributed by atoms with Gasteiger partial charge in [-0.1, -0.05) is 35.9 Å². The van der Waals surface area contributed by atoms with E-state index in [4.69, 9.17) is 11.6 Å². The first-order valence-corrected chi connectivity index (χ1v) is 8.26. The van der Waals surface area contributed by atoms with Crippen LogP contribution in [0.1, 0.15) is 16.8 Å². The van der Waals surface area contributed by atoms with E-state index in [1.807, 2.05) is 38.1 Å². The number of rotatable bonds is 5. The Bertz CT molecular complexity index is 898. The molecule has 0 saturated heterocycles. The first-order chi connectivity index (χ1) is 12.0. The minimum Gasteiger partial charge on any atom is -0.350 e. The molecule has 4 nitrogen and oxygen atoms in total. The van der Waals surface area contributed by atoms with Crippen molar-refractivity contribution in [2.75, 3.05) is 10.6 Å². The van der Waals surface area contributed by atoms with Crippen LogP contribution >= 0.6 is 11.6 Å². The van der Waals surface area contributed by atoms with Gasteiger partial charge in [-0.3, -0.25) is 0 Å². The van der Waals surface area contributed by atoms with Gasteiger partial charge in [-0.15, -0.1) is 0 Å². The number of aromatic nitrogens is 2. The number of anilines is 3. The van der Waals surface area contributed by atoms with Crippen LogP contribution in [0.2, 0.25) is 5.02 Å². The lowest BCUT2D eigenvalue weighted by Crippen LogP contribution is -2.07. The SMILES string of the molecule is Cc1cc(Nc2cccc(Cl)c2C)nc(NCc2ccccc2F)n1. The molecule has 2 N–H and O–H groups in total. The number of hydrogen-bond acceptors (Lipinski definition) is 4. The van der Waals surface area contributed by atoms with Crippen molar-refractivity contribution in [3.63, 3.8) is 0 Å². The van der Waals surface area contributed by atoms with Crippen LogP contribution in [0.5, 0.6) is 0 Å². The lowest BCUT2D eigenvalue weighted by molar-refractivity contribution is 0.612. The van der Waals surface area contributed by atoms with E-state index in [0.717, 1.165) is 16.9 Å². The van der Waals surface area contributed by atoms with E-state index in [1.54, 1.807) is 18.2 Å². The Balaban J connectivity index is 1.78. The highest BCUT2D eigenvalue weighted by Gasteiger charge is 2.07. The van der Waals surface area contributed by atoms with Crippen molar-refractivity contribution in [1.82, 2.24) is 9.97 Å². The van der Waals surface area contributed by atoms with E-state index < -0.39 is 0 Å². The van der Waals surface area contributed by atoms with Crippen molar-refractivity contribution < 1.29 is 4.39 Å². The van der Waals surface area contributed by atoms with E-state index in [1.165, 1.54) is 6.07 Å². The molecule has 0 unspecified atom stereocenters. The molecule has 3 aromatic rings. The van der Waals surface area contributed by atoms with Gasteiger partial charge in [0.05, 0.1) is 0 Å². The molecule has 0 radical (unpaired) electrons. The van der Waals surface area contributed by atoms with Gasteiger partial charge >= 0.3 is 0 Å². The molecular weight excluding hydrogens is 339 g/mol. The van der Waals surface area contributed by atoms with E-state index in [0.29, 0.717) is 28.9 Å². The molecule has 2 aromatic carbocycles. The largest absolute Gasteiger partial charge is 0.350 e. The number of halogens is 2. The Kier molecular flexibility index (Phi) is 5.14. The lowest BCUT2D eigenvalue weighted by Gasteiger charge is -2.12. The van der Waals surface area contributed by atoms with Gasteiger partial charge in [0.2, 0.25) is 5.95 Å². The van der Waals surface area contributed by atoms with E-state index >= 15 is 0 Å². The fourth-order valence-electron chi connectivity index (χ4n) is 2.41. The second kappa shape index (κ2) is 7.49. The summed E-state index contributed by atoms with van der Waals surface area (Å²) in [6.07, 6.45) is 0. The first-order valence-electron chi connectivity index (χ1n) is 7.88. The Morgan fingerprint density at radius 1 is 1.04 bits per heavy atom. The van der Waals surface area contributed by atoms with Crippen LogP contribution in [0.15, 0.2) is 48.5 Å². The van der Waals surface area contributed by atoms with E-state index in [-0.39, 0.29) is 5.82 Å². The summed E-state index contributed by atoms with van der Waals surface area (Å²) in [5.74, 6) is 0.829. The van der Waals surface area contributed by atoms with Crippen LogP contribution in [-0.2, 0) is 6.54 Å². The van der Waals surface area contributed by atoms with Crippen molar-refractivity contribution in [3.8, 4) is 0 Å². The zero-order chi connectivity index (χ0) is 17.8. The molecule has 0 spiro atoms. The Morgan fingerprint density at radius 3 is 2.64 bits per heavy atom. The maximum Gasteiger partial charge on any atom is 0.225 e. The third-order valence-corrected chi connectivity index (χ3v) is 4.19. The van der Waals surface area contributed by atoms with E-state index in [2.05, 4.69) is 20.6 Å². The topological polar surface area (TPSA) is 49.8 Å². The molecule has 0 aliphatic heterocycles. The Labute approximate surface area is 151 Å². The van der Waals surface area contributed by atoms with Crippen LogP contribution in [0.4, 0.5) is 21.8 Å². The number of hydrogen-bond donors (Lipinski definition) is 2. The molecule has 0 amide bonds. The highest BCUT2D eigenvalue weighted by Crippen LogP contribution is 2.26. The molecule has 0 aliphatic carbocycles. The molecule has 0 bridgehead atoms. The average Bonchev–Trinajstić information content (AvgIpc) is 2.58. The van der Waals surface area contributed by atoms with Crippen molar-refractivity contribution in [3.05, 3.63) is 76.2 Å². The van der Waals surface area contributed by atoms with Gasteiger partial charge in [-0.05, 0) is 37.6 Å². The fraction of sp³-hybridized carbons (Fsp3) is 0.158. The van der Waals surface area contributed by atoms with Crippen LogP contribution in [-0.4, -0.2) is 9.97 Å². The maximum absolute atomic E-state index is 13.7. The molecule has 0 atom stereocenters. The third kappa shape index (κ3) is 4.25. The van der Waals surface area contributed by atoms with Gasteiger partial charge < -0.3 is 10.6 Å². The van der Waals surface area contributed by atoms with Gasteiger partial charge in [-0.2, -0.15) is 4.98 Å². The van der Waals surface area contributed by atoms with Gasteiger partial charge in [0.15, 0.2) is 0 Å². The minimum absolute atomic E-state index is 0.254. The second-order valence-electron chi connectivity index (χ2n) is 5.70. The minimum atomic E-state index is -0.254. The highest BCUT2D eigenvalue weighted by molar-refractivity contribution is 6.31. The zero-order valence-corrected chi connectivity index (χ0v) is 14.7. The number of nitrogens with zero attached hydrogens (tertiary/aromatic N) is 2. The molecule has 6 heteroatoms. The molecular formula is C19H18ClFN4. The lowest BCUT2D eigenvalue weighted by atomic mass is 10.2. The quantitative estimate of drug-likeness (QED) is 0.656. The summed E-state index contributed by atoms with van der Waals surface area (Å²) in [4.78, 5) is 8.79. The van der Waals surface area contributed by atoms with Crippen LogP contribution in [0, 0.1) is 19.7 Å². The standard InChI is InChI=1S/C19H18ClFN4/c1-12-10-18(24-17-9-5-7-15(20)13(17)2)25-19(23-12)22-11-14-6-3-4-8-16(14)21/h3-10H,11H2,1-2H3,(H2,22,23,24,25). The summed E-state index contributed by atoms with van der Waals surface area (Å²) >= 11 is 6.15. The zero-order valence-electron chi connectivity index (χ0n) is 14.0. The molecule has 128 valence electrons. The summed E-state index contributed by atoms with van der Waals surface area (Å²) in [5, 5.41) is 7.01. The van der Waals surface area contributed by atoms with Crippen molar-refractivity contribution in [1.29, 1.82) is 0 Å². The predicted octanol–water partition coefficient (Wildman–Crippen LogP) is 5.24. The summed E-state index contributed by atoms with van der Waals surface area (Å²) in [7, 11) is 0. The van der Waals surface area contributed by atoms with Crippen molar-refractivity contribution >= 4 is 29.1 Å². The van der Waals surface area contributed by atoms with Gasteiger partial charge in [0, 0.05) is 34.6 Å². The number of nitrogens with one attached hydrogen (secondary N) is 2. The van der Waals surface area contributed by atoms with Gasteiger partial charge in [0.25, 0.3) is 0 Å². The molecule has 3 rings (SSSR count).